The molecular formula is C26H23ClF5N9O2. The van der Waals surface area contributed by atoms with Crippen LogP contribution in [0.2, 0.25) is 5.02 Å². The van der Waals surface area contributed by atoms with Gasteiger partial charge in [0.15, 0.2) is 17.2 Å². The minimum absolute atomic E-state index is 0.0263. The maximum Gasteiger partial charge on any atom is 0.435 e. The highest BCUT2D eigenvalue weighted by molar-refractivity contribution is 6.34. The molecule has 4 aromatic rings. The number of aromatic nitrogens is 5. The molecule has 6 rings (SSSR count). The molecule has 1 aromatic carbocycles. The fraction of sp³-hybridized carbons (Fsp3) is 0.346. The standard InChI is InChI=1S/C26H23ClF5N9O2/c27-17-5-14(1-2-15(17)24(43)39-12-25(13-39)10-38(11-25)20(42)6-33)36-22-23-35-7-18(41(23)4-3-34-22)16-8-40(9-19(28)29)37-21(16)26(30,31)32/h1-5,7-8,19H,6,9-13,33H2,(H,34,36). The largest absolute Gasteiger partial charge is 0.435 e. The second-order valence-corrected chi connectivity index (χ2v) is 11.0. The SMILES string of the molecule is NCC(=O)N1CC2(C1)CN(C(=O)c1ccc(Nc3nccn4c(-c5cn(CC(F)F)nc5C(F)(F)F)cnc34)cc1Cl)C2. The molecule has 2 saturated heterocycles. The van der Waals surface area contributed by atoms with Gasteiger partial charge in [-0.25, -0.2) is 18.7 Å². The molecular weight excluding hydrogens is 601 g/mol. The number of alkyl halides is 5. The van der Waals surface area contributed by atoms with E-state index in [0.29, 0.717) is 36.5 Å². The van der Waals surface area contributed by atoms with Gasteiger partial charge in [-0.2, -0.15) is 18.3 Å². The molecule has 0 bridgehead atoms. The third-order valence-corrected chi connectivity index (χ3v) is 7.75. The van der Waals surface area contributed by atoms with E-state index in [2.05, 4.69) is 20.4 Å². The number of anilines is 2. The molecule has 3 N–H and O–H groups in total. The Bertz CT molecular complexity index is 1720. The van der Waals surface area contributed by atoms with Crippen LogP contribution in [0.1, 0.15) is 16.1 Å². The van der Waals surface area contributed by atoms with Crippen molar-refractivity contribution in [3.05, 3.63) is 59.3 Å². The maximum atomic E-state index is 13.7. The minimum Gasteiger partial charge on any atom is -0.340 e. The molecule has 2 amide bonds. The molecule has 17 heteroatoms. The smallest absolute Gasteiger partial charge is 0.340 e. The molecule has 226 valence electrons. The number of nitrogens with one attached hydrogen (secondary N) is 1. The van der Waals surface area contributed by atoms with Crippen molar-refractivity contribution in [3.63, 3.8) is 0 Å². The summed E-state index contributed by atoms with van der Waals surface area (Å²) in [5.41, 5.74) is 4.39. The van der Waals surface area contributed by atoms with Crippen LogP contribution in [0.5, 0.6) is 0 Å². The quantitative estimate of drug-likeness (QED) is 0.302. The summed E-state index contributed by atoms with van der Waals surface area (Å²) in [5, 5.41) is 6.51. The molecule has 0 atom stereocenters. The molecule has 2 aliphatic rings. The van der Waals surface area contributed by atoms with Crippen LogP contribution in [0.15, 0.2) is 43.0 Å². The number of carbonyl (C=O) groups excluding carboxylic acids is 2. The van der Waals surface area contributed by atoms with Crippen molar-refractivity contribution in [2.24, 2.45) is 11.1 Å². The molecule has 0 aliphatic carbocycles. The van der Waals surface area contributed by atoms with E-state index < -0.39 is 30.4 Å². The predicted octanol–water partition coefficient (Wildman–Crippen LogP) is 3.52. The van der Waals surface area contributed by atoms with Crippen molar-refractivity contribution >= 4 is 40.6 Å². The minimum atomic E-state index is -4.89. The Kier molecular flexibility index (Phi) is 7.00. The highest BCUT2D eigenvalue weighted by Gasteiger charge is 2.54. The molecule has 0 saturated carbocycles. The van der Waals surface area contributed by atoms with Gasteiger partial charge in [-0.3, -0.25) is 18.7 Å². The Labute approximate surface area is 245 Å². The summed E-state index contributed by atoms with van der Waals surface area (Å²) in [4.78, 5) is 36.5. The van der Waals surface area contributed by atoms with Crippen LogP contribution in [0.25, 0.3) is 16.9 Å². The number of rotatable bonds is 7. The van der Waals surface area contributed by atoms with E-state index in [0.717, 1.165) is 6.20 Å². The average molecular weight is 624 g/mol. The molecule has 2 fully saturated rings. The Balaban J connectivity index is 1.20. The van der Waals surface area contributed by atoms with Crippen molar-refractivity contribution < 1.29 is 31.5 Å². The van der Waals surface area contributed by atoms with Crippen molar-refractivity contribution in [1.29, 1.82) is 0 Å². The fourth-order valence-electron chi connectivity index (χ4n) is 5.51. The summed E-state index contributed by atoms with van der Waals surface area (Å²) in [6, 6.07) is 4.67. The summed E-state index contributed by atoms with van der Waals surface area (Å²) in [6.07, 6.45) is -3.00. The van der Waals surface area contributed by atoms with Gasteiger partial charge in [0.25, 0.3) is 12.3 Å². The normalized spacial score (nSPS) is 16.1. The van der Waals surface area contributed by atoms with Gasteiger partial charge in [0.1, 0.15) is 6.54 Å². The van der Waals surface area contributed by atoms with Gasteiger partial charge in [-0.1, -0.05) is 11.6 Å². The van der Waals surface area contributed by atoms with Crippen LogP contribution in [0.4, 0.5) is 33.5 Å². The first kappa shape index (κ1) is 28.8. The Morgan fingerprint density at radius 1 is 1.12 bits per heavy atom. The summed E-state index contributed by atoms with van der Waals surface area (Å²) < 4.78 is 68.7. The van der Waals surface area contributed by atoms with Gasteiger partial charge in [0.2, 0.25) is 5.91 Å². The summed E-state index contributed by atoms with van der Waals surface area (Å²) >= 11 is 6.45. The van der Waals surface area contributed by atoms with Gasteiger partial charge < -0.3 is 20.9 Å². The zero-order valence-corrected chi connectivity index (χ0v) is 22.9. The predicted molar refractivity (Wildman–Crippen MR) is 144 cm³/mol. The molecule has 2 aliphatic heterocycles. The average Bonchev–Trinajstić information content (AvgIpc) is 3.51. The van der Waals surface area contributed by atoms with Crippen molar-refractivity contribution in [1.82, 2.24) is 33.9 Å². The first-order valence-corrected chi connectivity index (χ1v) is 13.3. The third kappa shape index (κ3) is 5.24. The van der Waals surface area contributed by atoms with E-state index in [1.807, 2.05) is 0 Å². The first-order chi connectivity index (χ1) is 20.4. The molecule has 0 unspecified atom stereocenters. The summed E-state index contributed by atoms with van der Waals surface area (Å²) in [7, 11) is 0. The molecule has 11 nitrogen and oxygen atoms in total. The van der Waals surface area contributed by atoms with Crippen LogP contribution in [-0.2, 0) is 17.5 Å². The van der Waals surface area contributed by atoms with Crippen molar-refractivity contribution in [2.45, 2.75) is 19.1 Å². The van der Waals surface area contributed by atoms with Gasteiger partial charge in [0, 0.05) is 55.9 Å². The topological polar surface area (TPSA) is 127 Å². The molecule has 5 heterocycles. The number of benzene rings is 1. The molecule has 43 heavy (non-hydrogen) atoms. The van der Waals surface area contributed by atoms with Crippen LogP contribution in [0.3, 0.4) is 0 Å². The monoisotopic (exact) mass is 623 g/mol. The molecule has 0 radical (unpaired) electrons. The van der Waals surface area contributed by atoms with Crippen LogP contribution < -0.4 is 11.1 Å². The van der Waals surface area contributed by atoms with Crippen LogP contribution >= 0.6 is 11.6 Å². The van der Waals surface area contributed by atoms with E-state index in [1.54, 1.807) is 21.9 Å². The number of imidazole rings is 1. The lowest BCUT2D eigenvalue weighted by molar-refractivity contribution is -0.153. The second kappa shape index (κ2) is 10.4. The van der Waals surface area contributed by atoms with E-state index in [4.69, 9.17) is 17.3 Å². The number of likely N-dealkylation sites (tertiary alicyclic amines) is 2. The Morgan fingerprint density at radius 2 is 1.84 bits per heavy atom. The van der Waals surface area contributed by atoms with Crippen molar-refractivity contribution in [2.75, 3.05) is 38.0 Å². The highest BCUT2D eigenvalue weighted by atomic mass is 35.5. The molecule has 3 aromatic heterocycles. The lowest BCUT2D eigenvalue weighted by Gasteiger charge is -2.60. The third-order valence-electron chi connectivity index (χ3n) is 7.44. The number of nitrogens with zero attached hydrogens (tertiary/aromatic N) is 7. The van der Waals surface area contributed by atoms with Crippen LogP contribution in [-0.4, -0.2) is 84.9 Å². The van der Waals surface area contributed by atoms with E-state index >= 15 is 0 Å². The highest BCUT2D eigenvalue weighted by Crippen LogP contribution is 2.41. The lowest BCUT2D eigenvalue weighted by Crippen LogP contribution is -2.74. The van der Waals surface area contributed by atoms with E-state index in [1.165, 1.54) is 29.1 Å². The van der Waals surface area contributed by atoms with Gasteiger partial charge in [-0.05, 0) is 18.2 Å². The van der Waals surface area contributed by atoms with Gasteiger partial charge >= 0.3 is 6.18 Å². The van der Waals surface area contributed by atoms with Gasteiger partial charge in [-0.15, -0.1) is 0 Å². The number of hydrogen-bond acceptors (Lipinski definition) is 7. The molecule has 1 spiro atoms. The van der Waals surface area contributed by atoms with Crippen molar-refractivity contribution in [3.8, 4) is 11.3 Å². The van der Waals surface area contributed by atoms with Crippen LogP contribution in [0, 0.1) is 5.41 Å². The Hall–Kier alpha value is -4.31. The lowest BCUT2D eigenvalue weighted by atomic mass is 9.72. The number of halogens is 6. The number of carbonyl (C=O) groups is 2. The zero-order valence-electron chi connectivity index (χ0n) is 22.2. The number of fused-ring (bicyclic) bond motifs is 1. The summed E-state index contributed by atoms with van der Waals surface area (Å²) in [6.45, 7) is 1.08. The van der Waals surface area contributed by atoms with E-state index in [-0.39, 0.29) is 51.5 Å². The summed E-state index contributed by atoms with van der Waals surface area (Å²) in [5.74, 6) is -0.203. The number of amides is 2. The first-order valence-electron chi connectivity index (χ1n) is 13.0. The Morgan fingerprint density at radius 3 is 2.49 bits per heavy atom. The fourth-order valence-corrected chi connectivity index (χ4v) is 5.77. The maximum absolute atomic E-state index is 13.7. The van der Waals surface area contributed by atoms with Gasteiger partial charge in [0.05, 0.1) is 34.6 Å². The number of hydrogen-bond donors (Lipinski definition) is 2. The zero-order chi connectivity index (χ0) is 30.7. The van der Waals surface area contributed by atoms with E-state index in [9.17, 15) is 31.5 Å². The second-order valence-electron chi connectivity index (χ2n) is 10.5. The number of nitrogens with two attached hydrogens (primary N) is 1.